The highest BCUT2D eigenvalue weighted by Gasteiger charge is 2.43. The van der Waals surface area contributed by atoms with Crippen LogP contribution in [0.25, 0.3) is 0 Å². The summed E-state index contributed by atoms with van der Waals surface area (Å²) < 4.78 is 0. The zero-order valence-corrected chi connectivity index (χ0v) is 8.78. The van der Waals surface area contributed by atoms with Gasteiger partial charge in [0.15, 0.2) is 0 Å². The maximum atomic E-state index is 10.6. The molecular weight excluding hydrogens is 178 g/mol. The number of carbonyl (C=O) groups is 1. The van der Waals surface area contributed by atoms with Crippen molar-refractivity contribution in [3.63, 3.8) is 0 Å². The Morgan fingerprint density at radius 1 is 1.43 bits per heavy atom. The second-order valence-electron chi connectivity index (χ2n) is 4.96. The molecule has 0 aromatic carbocycles. The Morgan fingerprint density at radius 2 is 2.14 bits per heavy atom. The van der Waals surface area contributed by atoms with Crippen LogP contribution < -0.4 is 0 Å². The van der Waals surface area contributed by atoms with Gasteiger partial charge in [0.05, 0.1) is 5.92 Å². The number of hydrogen-bond acceptors (Lipinski definition) is 2. The molecule has 80 valence electrons. The summed E-state index contributed by atoms with van der Waals surface area (Å²) in [6.07, 6.45) is 5.03. The number of rotatable bonds is 5. The fourth-order valence-electron chi connectivity index (χ4n) is 2.34. The molecule has 2 unspecified atom stereocenters. The molecule has 0 aromatic heterocycles. The van der Waals surface area contributed by atoms with E-state index in [0.29, 0.717) is 5.92 Å². The van der Waals surface area contributed by atoms with Crippen LogP contribution in [0.1, 0.15) is 25.7 Å². The summed E-state index contributed by atoms with van der Waals surface area (Å²) in [6, 6.07) is 0. The van der Waals surface area contributed by atoms with Gasteiger partial charge >= 0.3 is 5.97 Å². The van der Waals surface area contributed by atoms with Gasteiger partial charge in [0.1, 0.15) is 0 Å². The monoisotopic (exact) mass is 197 g/mol. The molecule has 1 N–H and O–H groups in total. The van der Waals surface area contributed by atoms with E-state index in [2.05, 4.69) is 11.9 Å². The van der Waals surface area contributed by atoms with Crippen LogP contribution in [0.3, 0.4) is 0 Å². The van der Waals surface area contributed by atoms with Crippen molar-refractivity contribution in [3.05, 3.63) is 0 Å². The molecule has 0 aromatic rings. The van der Waals surface area contributed by atoms with Gasteiger partial charge in [0.25, 0.3) is 0 Å². The highest BCUT2D eigenvalue weighted by molar-refractivity contribution is 5.73. The molecule has 2 rings (SSSR count). The van der Waals surface area contributed by atoms with Crippen LogP contribution in [0, 0.1) is 17.8 Å². The minimum Gasteiger partial charge on any atom is -0.481 e. The van der Waals surface area contributed by atoms with Gasteiger partial charge in [0, 0.05) is 13.1 Å². The van der Waals surface area contributed by atoms with Crippen molar-refractivity contribution in [3.8, 4) is 0 Å². The van der Waals surface area contributed by atoms with Crippen LogP contribution in [0.2, 0.25) is 0 Å². The van der Waals surface area contributed by atoms with E-state index in [9.17, 15) is 4.79 Å². The minimum atomic E-state index is -0.605. The van der Waals surface area contributed by atoms with Crippen molar-refractivity contribution < 1.29 is 9.90 Å². The first-order valence-electron chi connectivity index (χ1n) is 5.58. The standard InChI is InChI=1S/C11H19NO2/c1-12(6-8-3-2-4-8)7-9-5-10(9)11(13)14/h8-10H,2-7H2,1H3,(H,13,14). The van der Waals surface area contributed by atoms with E-state index in [0.717, 1.165) is 18.9 Å². The first kappa shape index (κ1) is 9.97. The Labute approximate surface area is 85.1 Å². The molecule has 0 amide bonds. The van der Waals surface area contributed by atoms with Crippen molar-refractivity contribution in [2.24, 2.45) is 17.8 Å². The lowest BCUT2D eigenvalue weighted by Gasteiger charge is -2.30. The van der Waals surface area contributed by atoms with E-state index in [1.165, 1.54) is 25.8 Å². The fourth-order valence-corrected chi connectivity index (χ4v) is 2.34. The normalized spacial score (nSPS) is 31.6. The van der Waals surface area contributed by atoms with E-state index in [-0.39, 0.29) is 5.92 Å². The summed E-state index contributed by atoms with van der Waals surface area (Å²) in [7, 11) is 2.12. The third-order valence-corrected chi connectivity index (χ3v) is 3.58. The number of aliphatic carboxylic acids is 1. The van der Waals surface area contributed by atoms with Gasteiger partial charge in [-0.3, -0.25) is 4.79 Å². The van der Waals surface area contributed by atoms with Crippen molar-refractivity contribution in [2.45, 2.75) is 25.7 Å². The fraction of sp³-hybridized carbons (Fsp3) is 0.909. The van der Waals surface area contributed by atoms with E-state index >= 15 is 0 Å². The van der Waals surface area contributed by atoms with Crippen molar-refractivity contribution in [1.29, 1.82) is 0 Å². The average molecular weight is 197 g/mol. The third-order valence-electron chi connectivity index (χ3n) is 3.58. The van der Waals surface area contributed by atoms with Gasteiger partial charge < -0.3 is 10.0 Å². The average Bonchev–Trinajstić information content (AvgIpc) is 2.76. The maximum Gasteiger partial charge on any atom is 0.306 e. The predicted molar refractivity (Wildman–Crippen MR) is 54.1 cm³/mol. The van der Waals surface area contributed by atoms with Crippen molar-refractivity contribution in [2.75, 3.05) is 20.1 Å². The van der Waals surface area contributed by atoms with Gasteiger partial charge in [0.2, 0.25) is 0 Å². The molecule has 14 heavy (non-hydrogen) atoms. The molecule has 2 saturated carbocycles. The molecule has 2 fully saturated rings. The molecule has 0 radical (unpaired) electrons. The lowest BCUT2D eigenvalue weighted by atomic mass is 9.85. The molecule has 2 aliphatic carbocycles. The lowest BCUT2D eigenvalue weighted by molar-refractivity contribution is -0.138. The molecule has 2 atom stereocenters. The highest BCUT2D eigenvalue weighted by Crippen LogP contribution is 2.39. The zero-order chi connectivity index (χ0) is 10.1. The molecule has 3 heteroatoms. The van der Waals surface area contributed by atoms with Gasteiger partial charge in [-0.05, 0) is 38.1 Å². The van der Waals surface area contributed by atoms with Gasteiger partial charge in [-0.1, -0.05) is 6.42 Å². The summed E-state index contributed by atoms with van der Waals surface area (Å²) in [5.74, 6) is 0.672. The molecule has 0 bridgehead atoms. The quantitative estimate of drug-likeness (QED) is 0.725. The number of carboxylic acids is 1. The van der Waals surface area contributed by atoms with Crippen LogP contribution in [0.15, 0.2) is 0 Å². The Balaban J connectivity index is 1.63. The van der Waals surface area contributed by atoms with Crippen LogP contribution in [-0.2, 0) is 4.79 Å². The summed E-state index contributed by atoms with van der Waals surface area (Å²) in [4.78, 5) is 12.9. The molecule has 2 aliphatic rings. The highest BCUT2D eigenvalue weighted by atomic mass is 16.4. The largest absolute Gasteiger partial charge is 0.481 e. The minimum absolute atomic E-state index is 0.0427. The van der Waals surface area contributed by atoms with Crippen LogP contribution in [0.4, 0.5) is 0 Å². The maximum absolute atomic E-state index is 10.6. The number of carboxylic acid groups (broad SMARTS) is 1. The van der Waals surface area contributed by atoms with Gasteiger partial charge in [-0.25, -0.2) is 0 Å². The van der Waals surface area contributed by atoms with Crippen LogP contribution >= 0.6 is 0 Å². The van der Waals surface area contributed by atoms with Gasteiger partial charge in [-0.15, -0.1) is 0 Å². The van der Waals surface area contributed by atoms with E-state index < -0.39 is 5.97 Å². The van der Waals surface area contributed by atoms with Crippen LogP contribution in [-0.4, -0.2) is 36.1 Å². The number of nitrogens with zero attached hydrogens (tertiary/aromatic N) is 1. The van der Waals surface area contributed by atoms with E-state index in [4.69, 9.17) is 5.11 Å². The second kappa shape index (κ2) is 3.89. The predicted octanol–water partition coefficient (Wildman–Crippen LogP) is 1.44. The number of hydrogen-bond donors (Lipinski definition) is 1. The summed E-state index contributed by atoms with van der Waals surface area (Å²) >= 11 is 0. The SMILES string of the molecule is CN(CC1CCC1)CC1CC1C(=O)O. The van der Waals surface area contributed by atoms with Crippen LogP contribution in [0.5, 0.6) is 0 Å². The van der Waals surface area contributed by atoms with Crippen molar-refractivity contribution >= 4 is 5.97 Å². The van der Waals surface area contributed by atoms with Crippen molar-refractivity contribution in [1.82, 2.24) is 4.90 Å². The summed E-state index contributed by atoms with van der Waals surface area (Å²) in [5, 5.41) is 8.76. The third kappa shape index (κ3) is 2.27. The topological polar surface area (TPSA) is 40.5 Å². The molecule has 0 aliphatic heterocycles. The zero-order valence-electron chi connectivity index (χ0n) is 8.78. The smallest absolute Gasteiger partial charge is 0.306 e. The molecule has 0 spiro atoms. The Kier molecular flexibility index (Phi) is 2.77. The molecular formula is C11H19NO2. The first-order chi connectivity index (χ1) is 6.66. The van der Waals surface area contributed by atoms with E-state index in [1.54, 1.807) is 0 Å². The molecule has 3 nitrogen and oxygen atoms in total. The second-order valence-corrected chi connectivity index (χ2v) is 4.96. The Morgan fingerprint density at radius 3 is 2.57 bits per heavy atom. The summed E-state index contributed by atoms with van der Waals surface area (Å²) in [5.41, 5.74) is 0. The Bertz CT molecular complexity index is 225. The molecule has 0 saturated heterocycles. The van der Waals surface area contributed by atoms with Gasteiger partial charge in [-0.2, -0.15) is 0 Å². The molecule has 0 heterocycles. The lowest BCUT2D eigenvalue weighted by Crippen LogP contribution is -2.31. The first-order valence-corrected chi connectivity index (χ1v) is 5.58. The summed E-state index contributed by atoms with van der Waals surface area (Å²) in [6.45, 7) is 2.15. The Hall–Kier alpha value is -0.570. The van der Waals surface area contributed by atoms with E-state index in [1.807, 2.05) is 0 Å².